The Morgan fingerprint density at radius 1 is 1.05 bits per heavy atom. The van der Waals surface area contributed by atoms with E-state index in [9.17, 15) is 22.8 Å². The monoisotopic (exact) mass is 539 g/mol. The first kappa shape index (κ1) is 27.9. The number of esters is 2. The van der Waals surface area contributed by atoms with Gasteiger partial charge in [0, 0.05) is 40.1 Å². The molecule has 0 aliphatic heterocycles. The van der Waals surface area contributed by atoms with Crippen molar-refractivity contribution in [1.29, 1.82) is 0 Å². The number of fused-ring (bicyclic) bond motifs is 1. The first-order valence-electron chi connectivity index (χ1n) is 10.7. The van der Waals surface area contributed by atoms with Crippen LogP contribution in [0.1, 0.15) is 25.8 Å². The van der Waals surface area contributed by atoms with Crippen molar-refractivity contribution in [3.63, 3.8) is 0 Å². The largest absolute Gasteiger partial charge is 0.458 e. The van der Waals surface area contributed by atoms with Gasteiger partial charge in [-0.15, -0.1) is 0 Å². The zero-order chi connectivity index (χ0) is 27.2. The van der Waals surface area contributed by atoms with Crippen molar-refractivity contribution in [2.75, 3.05) is 5.94 Å². The Kier molecular flexibility index (Phi) is 9.05. The van der Waals surface area contributed by atoms with Gasteiger partial charge in [0.05, 0.1) is 29.1 Å². The molecular weight excluding hydrogens is 519 g/mol. The number of hydrogen-bond acceptors (Lipinski definition) is 9. The lowest BCUT2D eigenvalue weighted by molar-refractivity contribution is -0.188. The lowest BCUT2D eigenvalue weighted by Crippen LogP contribution is -2.58. The molecule has 1 aromatic heterocycles. The Hall–Kier alpha value is -3.71. The summed E-state index contributed by atoms with van der Waals surface area (Å²) in [6, 6.07) is 2.83. The highest BCUT2D eigenvalue weighted by Crippen LogP contribution is 2.36. The molecule has 1 heterocycles. The second kappa shape index (κ2) is 12.0. The Bertz CT molecular complexity index is 1270. The van der Waals surface area contributed by atoms with Crippen LogP contribution in [0, 0.1) is 0 Å². The van der Waals surface area contributed by atoms with E-state index in [-0.39, 0.29) is 17.9 Å². The van der Waals surface area contributed by atoms with Gasteiger partial charge in [-0.05, 0) is 35.7 Å². The molecule has 2 aromatic rings. The highest BCUT2D eigenvalue weighted by molar-refractivity contribution is 7.99. The molecule has 1 saturated carbocycles. The van der Waals surface area contributed by atoms with Crippen LogP contribution in [-0.4, -0.2) is 53.3 Å². The summed E-state index contributed by atoms with van der Waals surface area (Å²) in [5.74, 6) is -1.58. The van der Waals surface area contributed by atoms with E-state index in [1.54, 1.807) is 6.07 Å². The fourth-order valence-corrected chi connectivity index (χ4v) is 4.81. The number of ether oxygens (including phenoxy) is 3. The van der Waals surface area contributed by atoms with E-state index in [1.165, 1.54) is 12.3 Å². The fourth-order valence-electron chi connectivity index (χ4n) is 3.97. The summed E-state index contributed by atoms with van der Waals surface area (Å²) < 4.78 is 55.7. The Balaban J connectivity index is 1.88. The van der Waals surface area contributed by atoms with Gasteiger partial charge in [-0.3, -0.25) is 14.6 Å². The van der Waals surface area contributed by atoms with Crippen molar-refractivity contribution in [2.24, 2.45) is 10.2 Å². The van der Waals surface area contributed by atoms with Gasteiger partial charge in [0.25, 0.3) is 0 Å². The van der Waals surface area contributed by atoms with Gasteiger partial charge < -0.3 is 14.2 Å². The first-order chi connectivity index (χ1) is 17.5. The Morgan fingerprint density at radius 3 is 2.27 bits per heavy atom. The number of carbonyl (C=O) groups excluding carboxylic acids is 2. The highest BCUT2D eigenvalue weighted by Gasteiger charge is 2.49. The summed E-state index contributed by atoms with van der Waals surface area (Å²) >= 11 is 1.12. The van der Waals surface area contributed by atoms with Crippen LogP contribution in [0.4, 0.5) is 13.2 Å². The quantitative estimate of drug-likeness (QED) is 0.109. The average molecular weight is 539 g/mol. The number of nitrogens with zero attached hydrogens (tertiary/aromatic N) is 7. The summed E-state index contributed by atoms with van der Waals surface area (Å²) in [5, 5.41) is 7.76. The van der Waals surface area contributed by atoms with Crippen LogP contribution in [0.2, 0.25) is 0 Å². The maximum absolute atomic E-state index is 13.1. The first-order valence-corrected chi connectivity index (χ1v) is 11.7. The standard InChI is InChI=1S/C21H20F3N7O5S/c1-10(32)35-19-16(29-31-26)8-15(28-30-25)18(20(19)36-11(2)33)34-9-37-17-5-6-27-14-7-12(21(22,23)24)3-4-13(14)17/h3-7,15-16,18-20H,8-9H2,1-2H3/t15-,16+,18+,19-,20-/m0/s1. The highest BCUT2D eigenvalue weighted by atomic mass is 32.2. The number of alkyl halides is 3. The molecule has 0 bridgehead atoms. The molecule has 37 heavy (non-hydrogen) atoms. The number of rotatable bonds is 8. The molecule has 0 N–H and O–H groups in total. The number of pyridine rings is 1. The van der Waals surface area contributed by atoms with Crippen LogP contribution in [-0.2, 0) is 30.0 Å². The predicted molar refractivity (Wildman–Crippen MR) is 124 cm³/mol. The summed E-state index contributed by atoms with van der Waals surface area (Å²) in [4.78, 5) is 33.7. The number of halogens is 3. The average Bonchev–Trinajstić information content (AvgIpc) is 2.82. The lowest BCUT2D eigenvalue weighted by Gasteiger charge is -2.42. The smallest absolute Gasteiger partial charge is 0.416 e. The van der Waals surface area contributed by atoms with Gasteiger partial charge in [-0.2, -0.15) is 13.2 Å². The molecule has 0 amide bonds. The zero-order valence-corrected chi connectivity index (χ0v) is 20.2. The van der Waals surface area contributed by atoms with Gasteiger partial charge in [0.1, 0.15) is 12.2 Å². The molecule has 1 aromatic carbocycles. The summed E-state index contributed by atoms with van der Waals surface area (Å²) in [5.41, 5.74) is 17.3. The van der Waals surface area contributed by atoms with Crippen LogP contribution in [0.3, 0.4) is 0 Å². The van der Waals surface area contributed by atoms with Crippen LogP contribution in [0.5, 0.6) is 0 Å². The van der Waals surface area contributed by atoms with E-state index in [0.29, 0.717) is 10.3 Å². The van der Waals surface area contributed by atoms with Crippen molar-refractivity contribution in [3.8, 4) is 0 Å². The Labute approximate surface area is 211 Å². The SMILES string of the molecule is CC(=O)O[C@@H]1[C@@H](OC(C)=O)[C@H](N=[N+]=[N-])C[C@H](N=[N+]=[N-])[C@H]1OCSc1ccnc2cc(C(F)(F)F)ccc12. The summed E-state index contributed by atoms with van der Waals surface area (Å²) in [7, 11) is 0. The van der Waals surface area contributed by atoms with Crippen LogP contribution >= 0.6 is 11.8 Å². The Morgan fingerprint density at radius 2 is 1.68 bits per heavy atom. The zero-order valence-electron chi connectivity index (χ0n) is 19.4. The van der Waals surface area contributed by atoms with Crippen molar-refractivity contribution < 1.29 is 37.0 Å². The summed E-state index contributed by atoms with van der Waals surface area (Å²) in [6.07, 6.45) is -6.79. The van der Waals surface area contributed by atoms with E-state index < -0.39 is 54.1 Å². The minimum Gasteiger partial charge on any atom is -0.458 e. The van der Waals surface area contributed by atoms with Crippen molar-refractivity contribution in [2.45, 2.75) is 61.7 Å². The minimum atomic E-state index is -4.52. The minimum absolute atomic E-state index is 0.0580. The van der Waals surface area contributed by atoms with Crippen molar-refractivity contribution in [1.82, 2.24) is 4.98 Å². The molecule has 1 fully saturated rings. The molecule has 5 atom stereocenters. The molecule has 0 saturated heterocycles. The molecule has 0 unspecified atom stereocenters. The van der Waals surface area contributed by atoms with E-state index in [4.69, 9.17) is 25.3 Å². The van der Waals surface area contributed by atoms with Crippen molar-refractivity contribution in [3.05, 3.63) is 56.9 Å². The van der Waals surface area contributed by atoms with E-state index in [2.05, 4.69) is 25.0 Å². The third-order valence-electron chi connectivity index (χ3n) is 5.40. The van der Waals surface area contributed by atoms with Crippen molar-refractivity contribution >= 4 is 34.6 Å². The number of carbonyl (C=O) groups is 2. The molecule has 0 spiro atoms. The second-order valence-electron chi connectivity index (χ2n) is 7.86. The molecule has 3 rings (SSSR count). The van der Waals surface area contributed by atoms with Gasteiger partial charge in [0.15, 0.2) is 6.10 Å². The third-order valence-corrected chi connectivity index (χ3v) is 6.32. The van der Waals surface area contributed by atoms with Crippen LogP contribution < -0.4 is 0 Å². The van der Waals surface area contributed by atoms with Gasteiger partial charge in [0.2, 0.25) is 0 Å². The number of hydrogen-bond donors (Lipinski definition) is 0. The molecule has 1 aliphatic rings. The normalized spacial score (nSPS) is 23.4. The number of benzene rings is 1. The second-order valence-corrected chi connectivity index (χ2v) is 8.82. The lowest BCUT2D eigenvalue weighted by atomic mass is 9.84. The molecule has 12 nitrogen and oxygen atoms in total. The topological polar surface area (TPSA) is 172 Å². The van der Waals surface area contributed by atoms with E-state index >= 15 is 0 Å². The van der Waals surface area contributed by atoms with Gasteiger partial charge >= 0.3 is 18.1 Å². The number of thioether (sulfide) groups is 1. The molecule has 196 valence electrons. The van der Waals surface area contributed by atoms with E-state index in [0.717, 1.165) is 37.7 Å². The van der Waals surface area contributed by atoms with E-state index in [1.807, 2.05) is 0 Å². The molecule has 1 aliphatic carbocycles. The number of azide groups is 2. The molecule has 16 heteroatoms. The van der Waals surface area contributed by atoms with Gasteiger partial charge in [-0.25, -0.2) is 0 Å². The summed E-state index contributed by atoms with van der Waals surface area (Å²) in [6.45, 7) is 2.25. The van der Waals surface area contributed by atoms with Crippen LogP contribution in [0.15, 0.2) is 45.6 Å². The van der Waals surface area contributed by atoms with Gasteiger partial charge in [-0.1, -0.05) is 28.1 Å². The fraction of sp³-hybridized carbons (Fsp3) is 0.476. The number of aromatic nitrogens is 1. The molecule has 0 radical (unpaired) electrons. The molecular formula is C21H20F3N7O5S. The third kappa shape index (κ3) is 6.95. The van der Waals surface area contributed by atoms with Crippen LogP contribution in [0.25, 0.3) is 31.8 Å². The predicted octanol–water partition coefficient (Wildman–Crippen LogP) is 5.31. The maximum atomic E-state index is 13.1. The maximum Gasteiger partial charge on any atom is 0.416 e.